The van der Waals surface area contributed by atoms with Gasteiger partial charge in [0.2, 0.25) is 10.0 Å². The summed E-state index contributed by atoms with van der Waals surface area (Å²) in [5, 5.41) is 8.62. The highest BCUT2D eigenvalue weighted by Crippen LogP contribution is 2.30. The van der Waals surface area contributed by atoms with Crippen molar-refractivity contribution in [1.29, 1.82) is 0 Å². The molecule has 0 bridgehead atoms. The second-order valence-corrected chi connectivity index (χ2v) is 9.89. The zero-order valence-electron chi connectivity index (χ0n) is 15.9. The molecule has 0 aromatic carbocycles. The summed E-state index contributed by atoms with van der Waals surface area (Å²) in [5.74, 6) is 0.479. The molecule has 5 nitrogen and oxygen atoms in total. The van der Waals surface area contributed by atoms with Crippen LogP contribution in [0.3, 0.4) is 0 Å². The molecule has 0 aromatic heterocycles. The van der Waals surface area contributed by atoms with Gasteiger partial charge in [0.05, 0.1) is 5.75 Å². The average Bonchev–Trinajstić information content (AvgIpc) is 3.03. The van der Waals surface area contributed by atoms with E-state index in [0.717, 1.165) is 38.5 Å². The number of allylic oxidation sites excluding steroid dienone is 2. The third-order valence-corrected chi connectivity index (χ3v) is 7.31. The molecule has 26 heavy (non-hydrogen) atoms. The van der Waals surface area contributed by atoms with E-state index in [2.05, 4.69) is 10.8 Å². The van der Waals surface area contributed by atoms with Crippen molar-refractivity contribution in [2.45, 2.75) is 89.5 Å². The highest BCUT2D eigenvalue weighted by Gasteiger charge is 2.30. The molecule has 0 amide bonds. The third-order valence-electron chi connectivity index (χ3n) is 5.88. The minimum absolute atomic E-state index is 0.0648. The van der Waals surface area contributed by atoms with Gasteiger partial charge >= 0.3 is 5.97 Å². The molecule has 0 aromatic rings. The van der Waals surface area contributed by atoms with E-state index in [0.29, 0.717) is 18.3 Å². The first-order chi connectivity index (χ1) is 12.5. The van der Waals surface area contributed by atoms with Gasteiger partial charge in [-0.3, -0.25) is 4.79 Å². The minimum Gasteiger partial charge on any atom is -0.481 e. The molecular formula is C20H35NO4S. The number of carbonyl (C=O) groups is 1. The van der Waals surface area contributed by atoms with Crippen molar-refractivity contribution in [2.75, 3.05) is 5.75 Å². The maximum absolute atomic E-state index is 12.5. The fraction of sp³-hybridized carbons (Fsp3) is 0.850. The Kier molecular flexibility index (Phi) is 9.12. The van der Waals surface area contributed by atoms with Crippen molar-refractivity contribution in [1.82, 2.24) is 4.72 Å². The van der Waals surface area contributed by atoms with Crippen molar-refractivity contribution in [3.8, 4) is 0 Å². The largest absolute Gasteiger partial charge is 0.481 e. The predicted octanol–water partition coefficient (Wildman–Crippen LogP) is 4.25. The van der Waals surface area contributed by atoms with E-state index in [1.165, 1.54) is 32.1 Å². The summed E-state index contributed by atoms with van der Waals surface area (Å²) in [7, 11) is -3.19. The van der Waals surface area contributed by atoms with Gasteiger partial charge in [-0.25, -0.2) is 13.1 Å². The van der Waals surface area contributed by atoms with Gasteiger partial charge in [0.15, 0.2) is 0 Å². The summed E-state index contributed by atoms with van der Waals surface area (Å²) in [4.78, 5) is 10.5. The summed E-state index contributed by atoms with van der Waals surface area (Å²) in [6, 6.07) is 0.0648. The topological polar surface area (TPSA) is 83.5 Å². The molecule has 0 heterocycles. The second kappa shape index (κ2) is 11.1. The standard InChI is InChI=1S/C20H35NO4S/c22-20(23)14-7-2-1-6-11-18-12-8-13-19(18)21-26(24,25)16-15-17-9-4-3-5-10-17/h1,6,17-19,21H,2-5,7-16H2,(H,22,23)/b6-1+. The van der Waals surface area contributed by atoms with Crippen LogP contribution in [-0.2, 0) is 14.8 Å². The fourth-order valence-corrected chi connectivity index (χ4v) is 5.85. The highest BCUT2D eigenvalue weighted by molar-refractivity contribution is 7.89. The number of hydrogen-bond donors (Lipinski definition) is 2. The van der Waals surface area contributed by atoms with Crippen molar-refractivity contribution in [3.63, 3.8) is 0 Å². The number of aliphatic carboxylic acids is 1. The Morgan fingerprint density at radius 1 is 1.04 bits per heavy atom. The Bertz CT molecular complexity index is 552. The van der Waals surface area contributed by atoms with E-state index >= 15 is 0 Å². The van der Waals surface area contributed by atoms with E-state index in [1.807, 2.05) is 6.08 Å². The predicted molar refractivity (Wildman–Crippen MR) is 104 cm³/mol. The Morgan fingerprint density at radius 2 is 1.81 bits per heavy atom. The molecule has 0 spiro atoms. The van der Waals surface area contributed by atoms with Crippen LogP contribution >= 0.6 is 0 Å². The SMILES string of the molecule is O=C(O)CCC/C=C/CC1CCCC1NS(=O)(=O)CCC1CCCCC1. The average molecular weight is 386 g/mol. The van der Waals surface area contributed by atoms with Gasteiger partial charge in [0, 0.05) is 12.5 Å². The van der Waals surface area contributed by atoms with Crippen LogP contribution in [0.25, 0.3) is 0 Å². The smallest absolute Gasteiger partial charge is 0.303 e. The molecule has 2 saturated carbocycles. The zero-order chi connectivity index (χ0) is 18.8. The van der Waals surface area contributed by atoms with Crippen molar-refractivity contribution in [3.05, 3.63) is 12.2 Å². The van der Waals surface area contributed by atoms with E-state index < -0.39 is 16.0 Å². The Morgan fingerprint density at radius 3 is 2.54 bits per heavy atom. The van der Waals surface area contributed by atoms with Crippen molar-refractivity contribution >= 4 is 16.0 Å². The lowest BCUT2D eigenvalue weighted by molar-refractivity contribution is -0.137. The summed E-state index contributed by atoms with van der Waals surface area (Å²) in [5.41, 5.74) is 0. The van der Waals surface area contributed by atoms with Gasteiger partial charge in [0.25, 0.3) is 0 Å². The number of carboxylic acid groups (broad SMARTS) is 1. The number of hydrogen-bond acceptors (Lipinski definition) is 3. The number of sulfonamides is 1. The quantitative estimate of drug-likeness (QED) is 0.411. The summed E-state index contributed by atoms with van der Waals surface area (Å²) >= 11 is 0. The van der Waals surface area contributed by atoms with Crippen LogP contribution < -0.4 is 4.72 Å². The van der Waals surface area contributed by atoms with Gasteiger partial charge < -0.3 is 5.11 Å². The number of carboxylic acids is 1. The van der Waals surface area contributed by atoms with Gasteiger partial charge in [-0.05, 0) is 50.4 Å². The first-order valence-corrected chi connectivity index (χ1v) is 12.0. The molecule has 150 valence electrons. The molecule has 6 heteroatoms. The summed E-state index contributed by atoms with van der Waals surface area (Å²) in [6.07, 6.45) is 16.7. The van der Waals surface area contributed by atoms with Crippen LogP contribution in [0, 0.1) is 11.8 Å². The minimum atomic E-state index is -3.19. The van der Waals surface area contributed by atoms with Crippen LogP contribution in [0.1, 0.15) is 83.5 Å². The lowest BCUT2D eigenvalue weighted by Gasteiger charge is -2.23. The molecule has 2 aliphatic carbocycles. The van der Waals surface area contributed by atoms with Crippen molar-refractivity contribution in [2.24, 2.45) is 11.8 Å². The molecule has 2 unspecified atom stereocenters. The molecule has 0 saturated heterocycles. The van der Waals surface area contributed by atoms with Gasteiger partial charge in [-0.2, -0.15) is 0 Å². The third kappa shape index (κ3) is 8.21. The maximum Gasteiger partial charge on any atom is 0.303 e. The molecule has 2 N–H and O–H groups in total. The Balaban J connectivity index is 1.70. The van der Waals surface area contributed by atoms with Gasteiger partial charge in [-0.1, -0.05) is 50.7 Å². The number of rotatable bonds is 11. The molecule has 0 radical (unpaired) electrons. The molecule has 0 aliphatic heterocycles. The lowest BCUT2D eigenvalue weighted by Crippen LogP contribution is -2.39. The number of unbranched alkanes of at least 4 members (excludes halogenated alkanes) is 1. The van der Waals surface area contributed by atoms with Crippen LogP contribution in [0.4, 0.5) is 0 Å². The van der Waals surface area contributed by atoms with Crippen LogP contribution in [0.5, 0.6) is 0 Å². The van der Waals surface area contributed by atoms with Crippen LogP contribution in [-0.4, -0.2) is 31.3 Å². The fourth-order valence-electron chi connectivity index (χ4n) is 4.32. The van der Waals surface area contributed by atoms with E-state index in [-0.39, 0.29) is 18.2 Å². The second-order valence-electron chi connectivity index (χ2n) is 8.02. The maximum atomic E-state index is 12.5. The van der Waals surface area contributed by atoms with E-state index in [1.54, 1.807) is 0 Å². The van der Waals surface area contributed by atoms with E-state index in [9.17, 15) is 13.2 Å². The first-order valence-electron chi connectivity index (χ1n) is 10.3. The molecule has 2 aliphatic rings. The van der Waals surface area contributed by atoms with Gasteiger partial charge in [-0.15, -0.1) is 0 Å². The lowest BCUT2D eigenvalue weighted by atomic mass is 9.88. The van der Waals surface area contributed by atoms with Crippen molar-refractivity contribution < 1.29 is 18.3 Å². The van der Waals surface area contributed by atoms with Crippen LogP contribution in [0.15, 0.2) is 12.2 Å². The molecular weight excluding hydrogens is 350 g/mol. The molecule has 2 atom stereocenters. The Labute approximate surface area is 158 Å². The molecule has 2 fully saturated rings. The summed E-state index contributed by atoms with van der Waals surface area (Å²) in [6.45, 7) is 0. The monoisotopic (exact) mass is 385 g/mol. The Hall–Kier alpha value is -0.880. The highest BCUT2D eigenvalue weighted by atomic mass is 32.2. The zero-order valence-corrected chi connectivity index (χ0v) is 16.7. The normalized spacial score (nSPS) is 25.1. The molecule has 2 rings (SSSR count). The van der Waals surface area contributed by atoms with E-state index in [4.69, 9.17) is 5.11 Å². The summed E-state index contributed by atoms with van der Waals surface area (Å²) < 4.78 is 27.9. The number of nitrogens with one attached hydrogen (secondary N) is 1. The van der Waals surface area contributed by atoms with Crippen LogP contribution in [0.2, 0.25) is 0 Å². The van der Waals surface area contributed by atoms with Gasteiger partial charge in [0.1, 0.15) is 0 Å². The first kappa shape index (κ1) is 21.4.